The minimum atomic E-state index is -0.0710. The number of nitrogens with one attached hydrogen (secondary N) is 1. The van der Waals surface area contributed by atoms with Gasteiger partial charge in [-0.25, -0.2) is 0 Å². The molecule has 0 fully saturated rings. The average molecular weight is 266 g/mol. The van der Waals surface area contributed by atoms with Gasteiger partial charge in [0, 0.05) is 17.7 Å². The second-order valence-electron chi connectivity index (χ2n) is 4.86. The van der Waals surface area contributed by atoms with Gasteiger partial charge in [-0.2, -0.15) is 0 Å². The molecule has 96 valence electrons. The number of amides is 1. The van der Waals surface area contributed by atoms with Gasteiger partial charge in [0.1, 0.15) is 0 Å². The van der Waals surface area contributed by atoms with Crippen molar-refractivity contribution in [2.45, 2.75) is 32.6 Å². The quantitative estimate of drug-likeness (QED) is 0.674. The topological polar surface area (TPSA) is 46.2 Å². The molecule has 2 rings (SSSR count). The highest BCUT2D eigenvalue weighted by Crippen LogP contribution is 2.33. The molecule has 1 heterocycles. The molecule has 3 nitrogen and oxygen atoms in total. The first-order chi connectivity index (χ1) is 8.52. The zero-order valence-electron chi connectivity index (χ0n) is 10.5. The van der Waals surface area contributed by atoms with Crippen LogP contribution < -0.4 is 5.32 Å². The summed E-state index contributed by atoms with van der Waals surface area (Å²) in [6, 6.07) is 3.70. The zero-order chi connectivity index (χ0) is 13.3. The van der Waals surface area contributed by atoms with E-state index in [0.717, 1.165) is 16.8 Å². The SMILES string of the molecule is CC(C)c1cc(C(=O)CCl)cc2c1NC(=O)CC2. The summed E-state index contributed by atoms with van der Waals surface area (Å²) in [6.07, 6.45) is 1.16. The summed E-state index contributed by atoms with van der Waals surface area (Å²) in [5.41, 5.74) is 3.57. The predicted octanol–water partition coefficient (Wildman–Crippen LogP) is 3.12. The molecule has 1 N–H and O–H groups in total. The van der Waals surface area contributed by atoms with E-state index in [0.29, 0.717) is 18.4 Å². The van der Waals surface area contributed by atoms with Crippen molar-refractivity contribution in [3.8, 4) is 0 Å². The van der Waals surface area contributed by atoms with Crippen molar-refractivity contribution in [2.24, 2.45) is 0 Å². The Bertz CT molecular complexity index is 509. The maximum absolute atomic E-state index is 11.7. The Labute approximate surface area is 112 Å². The Morgan fingerprint density at radius 3 is 2.72 bits per heavy atom. The smallest absolute Gasteiger partial charge is 0.224 e. The van der Waals surface area contributed by atoms with Gasteiger partial charge >= 0.3 is 0 Å². The lowest BCUT2D eigenvalue weighted by atomic mass is 9.90. The van der Waals surface area contributed by atoms with Crippen molar-refractivity contribution in [1.82, 2.24) is 0 Å². The van der Waals surface area contributed by atoms with E-state index in [4.69, 9.17) is 11.6 Å². The van der Waals surface area contributed by atoms with E-state index in [1.165, 1.54) is 0 Å². The number of carbonyl (C=O) groups excluding carboxylic acids is 2. The number of aryl methyl sites for hydroxylation is 1. The van der Waals surface area contributed by atoms with Crippen LogP contribution in [0.25, 0.3) is 0 Å². The lowest BCUT2D eigenvalue weighted by Gasteiger charge is -2.23. The number of hydrogen-bond acceptors (Lipinski definition) is 2. The van der Waals surface area contributed by atoms with E-state index >= 15 is 0 Å². The monoisotopic (exact) mass is 265 g/mol. The zero-order valence-corrected chi connectivity index (χ0v) is 11.3. The maximum Gasteiger partial charge on any atom is 0.224 e. The van der Waals surface area contributed by atoms with E-state index in [1.807, 2.05) is 26.0 Å². The van der Waals surface area contributed by atoms with Gasteiger partial charge in [-0.1, -0.05) is 13.8 Å². The summed E-state index contributed by atoms with van der Waals surface area (Å²) in [4.78, 5) is 23.2. The highest BCUT2D eigenvalue weighted by atomic mass is 35.5. The average Bonchev–Trinajstić information content (AvgIpc) is 2.36. The van der Waals surface area contributed by atoms with E-state index < -0.39 is 0 Å². The van der Waals surface area contributed by atoms with Crippen LogP contribution in [0.1, 0.15) is 47.7 Å². The van der Waals surface area contributed by atoms with E-state index in [1.54, 1.807) is 0 Å². The van der Waals surface area contributed by atoms with Gasteiger partial charge in [-0.15, -0.1) is 11.6 Å². The Balaban J connectivity index is 2.55. The number of carbonyl (C=O) groups is 2. The molecular weight excluding hydrogens is 250 g/mol. The van der Waals surface area contributed by atoms with Crippen LogP contribution in [0.15, 0.2) is 12.1 Å². The first-order valence-electron chi connectivity index (χ1n) is 6.08. The molecule has 0 radical (unpaired) electrons. The Morgan fingerprint density at radius 1 is 1.39 bits per heavy atom. The number of halogens is 1. The van der Waals surface area contributed by atoms with Gasteiger partial charge in [0.25, 0.3) is 0 Å². The van der Waals surface area contributed by atoms with Crippen LogP contribution in [0.2, 0.25) is 0 Å². The summed E-state index contributed by atoms with van der Waals surface area (Å²) in [5, 5.41) is 2.91. The molecule has 0 saturated heterocycles. The van der Waals surface area contributed by atoms with Gasteiger partial charge in [-0.05, 0) is 35.6 Å². The minimum absolute atomic E-state index is 0.0112. The summed E-state index contributed by atoms with van der Waals surface area (Å²) in [6.45, 7) is 4.09. The molecule has 0 unspecified atom stereocenters. The largest absolute Gasteiger partial charge is 0.326 e. The molecule has 0 aliphatic carbocycles. The molecule has 0 saturated carbocycles. The van der Waals surface area contributed by atoms with Crippen molar-refractivity contribution >= 4 is 29.0 Å². The van der Waals surface area contributed by atoms with Crippen molar-refractivity contribution in [3.63, 3.8) is 0 Å². The fourth-order valence-corrected chi connectivity index (χ4v) is 2.37. The van der Waals surface area contributed by atoms with Crippen molar-refractivity contribution in [1.29, 1.82) is 0 Å². The van der Waals surface area contributed by atoms with Gasteiger partial charge in [0.15, 0.2) is 5.78 Å². The van der Waals surface area contributed by atoms with Gasteiger partial charge in [0.2, 0.25) is 5.91 Å². The summed E-state index contributed by atoms with van der Waals surface area (Å²) < 4.78 is 0. The number of alkyl halides is 1. The molecule has 0 aromatic heterocycles. The fraction of sp³-hybridized carbons (Fsp3) is 0.429. The number of Topliss-reactive ketones (excluding diaryl/α,β-unsaturated/α-hetero) is 1. The number of benzene rings is 1. The predicted molar refractivity (Wildman–Crippen MR) is 72.5 cm³/mol. The van der Waals surface area contributed by atoms with Crippen molar-refractivity contribution < 1.29 is 9.59 Å². The Morgan fingerprint density at radius 2 is 2.11 bits per heavy atom. The highest BCUT2D eigenvalue weighted by Gasteiger charge is 2.21. The third kappa shape index (κ3) is 2.41. The highest BCUT2D eigenvalue weighted by molar-refractivity contribution is 6.30. The minimum Gasteiger partial charge on any atom is -0.326 e. The van der Waals surface area contributed by atoms with Crippen LogP contribution in [-0.2, 0) is 11.2 Å². The number of anilines is 1. The molecule has 1 amide bonds. The molecule has 4 heteroatoms. The lowest BCUT2D eigenvalue weighted by Crippen LogP contribution is -2.21. The maximum atomic E-state index is 11.7. The second-order valence-corrected chi connectivity index (χ2v) is 5.13. The van der Waals surface area contributed by atoms with Crippen LogP contribution >= 0.6 is 11.6 Å². The summed E-state index contributed by atoms with van der Waals surface area (Å²) in [5.74, 6) is 0.210. The molecule has 1 aliphatic rings. The number of hydrogen-bond donors (Lipinski definition) is 1. The molecular formula is C14H16ClNO2. The normalized spacial score (nSPS) is 14.3. The molecule has 0 atom stereocenters. The van der Waals surface area contributed by atoms with Crippen LogP contribution in [0.4, 0.5) is 5.69 Å². The molecule has 1 aliphatic heterocycles. The van der Waals surface area contributed by atoms with Gasteiger partial charge in [0.05, 0.1) is 5.88 Å². The third-order valence-electron chi connectivity index (χ3n) is 3.20. The molecule has 0 bridgehead atoms. The van der Waals surface area contributed by atoms with Crippen LogP contribution in [0.3, 0.4) is 0 Å². The number of rotatable bonds is 3. The molecule has 1 aromatic rings. The number of fused-ring (bicyclic) bond motifs is 1. The molecule has 0 spiro atoms. The molecule has 1 aromatic carbocycles. The first kappa shape index (κ1) is 13.1. The van der Waals surface area contributed by atoms with Crippen LogP contribution in [0.5, 0.6) is 0 Å². The Kier molecular flexibility index (Phi) is 3.71. The van der Waals surface area contributed by atoms with Crippen molar-refractivity contribution in [3.05, 3.63) is 28.8 Å². The first-order valence-corrected chi connectivity index (χ1v) is 6.62. The van der Waals surface area contributed by atoms with Crippen LogP contribution in [-0.4, -0.2) is 17.6 Å². The standard InChI is InChI=1S/C14H16ClNO2/c1-8(2)11-6-10(12(17)7-15)5-9-3-4-13(18)16-14(9)11/h5-6,8H,3-4,7H2,1-2H3,(H,16,18). The van der Waals surface area contributed by atoms with Gasteiger partial charge in [-0.3, -0.25) is 9.59 Å². The summed E-state index contributed by atoms with van der Waals surface area (Å²) >= 11 is 5.61. The summed E-state index contributed by atoms with van der Waals surface area (Å²) in [7, 11) is 0. The fourth-order valence-electron chi connectivity index (χ4n) is 2.22. The van der Waals surface area contributed by atoms with Gasteiger partial charge < -0.3 is 5.32 Å². The number of ketones is 1. The van der Waals surface area contributed by atoms with E-state index in [2.05, 4.69) is 5.32 Å². The van der Waals surface area contributed by atoms with Crippen molar-refractivity contribution in [2.75, 3.05) is 11.2 Å². The van der Waals surface area contributed by atoms with E-state index in [-0.39, 0.29) is 23.5 Å². The third-order valence-corrected chi connectivity index (χ3v) is 3.44. The lowest BCUT2D eigenvalue weighted by molar-refractivity contribution is -0.116. The second kappa shape index (κ2) is 5.11. The Hall–Kier alpha value is -1.35. The molecule has 18 heavy (non-hydrogen) atoms. The van der Waals surface area contributed by atoms with Crippen LogP contribution in [0, 0.1) is 0 Å². The van der Waals surface area contributed by atoms with E-state index in [9.17, 15) is 9.59 Å².